The molecule has 17 heavy (non-hydrogen) atoms. The third-order valence-electron chi connectivity index (χ3n) is 3.49. The van der Waals surface area contributed by atoms with Gasteiger partial charge in [-0.3, -0.25) is 0 Å². The lowest BCUT2D eigenvalue weighted by Gasteiger charge is -2.37. The van der Waals surface area contributed by atoms with Crippen molar-refractivity contribution in [2.45, 2.75) is 44.2 Å². The summed E-state index contributed by atoms with van der Waals surface area (Å²) >= 11 is 0. The molecule has 0 amide bonds. The molecule has 1 aliphatic carbocycles. The van der Waals surface area contributed by atoms with Crippen molar-refractivity contribution in [3.63, 3.8) is 0 Å². The molecule has 1 aliphatic rings. The van der Waals surface area contributed by atoms with Gasteiger partial charge in [-0.05, 0) is 50.3 Å². The van der Waals surface area contributed by atoms with Crippen molar-refractivity contribution in [1.29, 1.82) is 0 Å². The predicted octanol–water partition coefficient (Wildman–Crippen LogP) is 2.26. The molecule has 0 saturated heterocycles. The van der Waals surface area contributed by atoms with E-state index < -0.39 is 5.60 Å². The first-order valence-electron chi connectivity index (χ1n) is 6.28. The smallest absolute Gasteiger partial charge is 0.123 e. The summed E-state index contributed by atoms with van der Waals surface area (Å²) in [5.41, 5.74) is 0.501. The molecule has 0 spiro atoms. The van der Waals surface area contributed by atoms with E-state index in [4.69, 9.17) is 0 Å². The zero-order valence-corrected chi connectivity index (χ0v) is 10.2. The first-order valence-corrected chi connectivity index (χ1v) is 6.28. The van der Waals surface area contributed by atoms with Crippen LogP contribution in [-0.2, 0) is 6.42 Å². The normalized spacial score (nSPS) is 19.7. The van der Waals surface area contributed by atoms with Gasteiger partial charge < -0.3 is 10.4 Å². The van der Waals surface area contributed by atoms with Crippen LogP contribution in [0.5, 0.6) is 0 Å². The minimum atomic E-state index is -0.490. The molecule has 0 aromatic heterocycles. The molecule has 3 heteroatoms. The lowest BCUT2D eigenvalue weighted by atomic mass is 9.80. The highest BCUT2D eigenvalue weighted by Crippen LogP contribution is 2.30. The maximum atomic E-state index is 13.0. The third-order valence-corrected chi connectivity index (χ3v) is 3.49. The van der Waals surface area contributed by atoms with E-state index in [1.54, 1.807) is 12.1 Å². The number of halogens is 1. The van der Waals surface area contributed by atoms with Crippen LogP contribution < -0.4 is 5.32 Å². The van der Waals surface area contributed by atoms with Crippen LogP contribution in [0.2, 0.25) is 0 Å². The summed E-state index contributed by atoms with van der Waals surface area (Å²) in [7, 11) is 0. The van der Waals surface area contributed by atoms with Gasteiger partial charge in [-0.2, -0.15) is 0 Å². The molecule has 2 rings (SSSR count). The zero-order valence-electron chi connectivity index (χ0n) is 10.2. The van der Waals surface area contributed by atoms with Crippen LogP contribution in [-0.4, -0.2) is 23.3 Å². The topological polar surface area (TPSA) is 32.3 Å². The van der Waals surface area contributed by atoms with E-state index in [2.05, 4.69) is 12.2 Å². The average molecular weight is 237 g/mol. The molecule has 0 aliphatic heterocycles. The van der Waals surface area contributed by atoms with Gasteiger partial charge in [-0.25, -0.2) is 4.39 Å². The number of aliphatic hydroxyl groups is 1. The Morgan fingerprint density at radius 1 is 1.47 bits per heavy atom. The Labute approximate surface area is 102 Å². The molecule has 1 aromatic rings. The summed E-state index contributed by atoms with van der Waals surface area (Å²) in [6, 6.07) is 6.94. The monoisotopic (exact) mass is 237 g/mol. The maximum absolute atomic E-state index is 13.0. The molecular formula is C14H20FNO. The fourth-order valence-electron chi connectivity index (χ4n) is 2.22. The van der Waals surface area contributed by atoms with Crippen molar-refractivity contribution in [2.24, 2.45) is 0 Å². The Hall–Kier alpha value is -0.930. The van der Waals surface area contributed by atoms with Gasteiger partial charge in [0, 0.05) is 12.6 Å². The fourth-order valence-corrected chi connectivity index (χ4v) is 2.22. The van der Waals surface area contributed by atoms with E-state index in [9.17, 15) is 9.50 Å². The van der Waals surface area contributed by atoms with Gasteiger partial charge >= 0.3 is 0 Å². The van der Waals surface area contributed by atoms with Crippen LogP contribution in [0.3, 0.4) is 0 Å². The second-order valence-electron chi connectivity index (χ2n) is 5.19. The quantitative estimate of drug-likeness (QED) is 0.823. The summed E-state index contributed by atoms with van der Waals surface area (Å²) in [6.07, 6.45) is 3.70. The second kappa shape index (κ2) is 5.15. The number of hydrogen-bond donors (Lipinski definition) is 2. The number of benzene rings is 1. The molecule has 1 fully saturated rings. The van der Waals surface area contributed by atoms with Crippen molar-refractivity contribution in [3.05, 3.63) is 35.6 Å². The highest BCUT2D eigenvalue weighted by Gasteiger charge is 2.34. The van der Waals surface area contributed by atoms with Crippen molar-refractivity contribution >= 4 is 0 Å². The van der Waals surface area contributed by atoms with Crippen LogP contribution in [0.15, 0.2) is 24.3 Å². The van der Waals surface area contributed by atoms with E-state index in [1.165, 1.54) is 6.07 Å². The van der Waals surface area contributed by atoms with Gasteiger partial charge in [0.2, 0.25) is 0 Å². The van der Waals surface area contributed by atoms with Crippen molar-refractivity contribution in [2.75, 3.05) is 6.54 Å². The Morgan fingerprint density at radius 2 is 2.24 bits per heavy atom. The SMILES string of the molecule is CC(Cc1cccc(F)c1)NCC1(O)CCC1. The lowest BCUT2D eigenvalue weighted by Crippen LogP contribution is -2.48. The first-order chi connectivity index (χ1) is 8.07. The minimum Gasteiger partial charge on any atom is -0.389 e. The Kier molecular flexibility index (Phi) is 3.79. The largest absolute Gasteiger partial charge is 0.389 e. The summed E-state index contributed by atoms with van der Waals surface area (Å²) in [4.78, 5) is 0. The van der Waals surface area contributed by atoms with E-state index >= 15 is 0 Å². The molecule has 0 bridgehead atoms. The molecule has 0 heterocycles. The van der Waals surface area contributed by atoms with Gasteiger partial charge in [0.25, 0.3) is 0 Å². The van der Waals surface area contributed by atoms with Gasteiger partial charge in [-0.1, -0.05) is 12.1 Å². The van der Waals surface area contributed by atoms with Crippen molar-refractivity contribution < 1.29 is 9.50 Å². The Morgan fingerprint density at radius 3 is 2.82 bits per heavy atom. The van der Waals surface area contributed by atoms with Crippen molar-refractivity contribution in [3.8, 4) is 0 Å². The van der Waals surface area contributed by atoms with Crippen LogP contribution >= 0.6 is 0 Å². The van der Waals surface area contributed by atoms with Crippen LogP contribution in [0.4, 0.5) is 4.39 Å². The van der Waals surface area contributed by atoms with E-state index in [0.29, 0.717) is 6.54 Å². The highest BCUT2D eigenvalue weighted by molar-refractivity contribution is 5.17. The third kappa shape index (κ3) is 3.51. The van der Waals surface area contributed by atoms with Gasteiger partial charge in [0.1, 0.15) is 5.82 Å². The Balaban J connectivity index is 1.78. The molecule has 1 saturated carbocycles. The molecule has 94 valence electrons. The zero-order chi connectivity index (χ0) is 12.3. The second-order valence-corrected chi connectivity index (χ2v) is 5.19. The number of hydrogen-bond acceptors (Lipinski definition) is 2. The average Bonchev–Trinajstić information content (AvgIpc) is 2.24. The van der Waals surface area contributed by atoms with Crippen LogP contribution in [0.1, 0.15) is 31.7 Å². The molecule has 0 radical (unpaired) electrons. The summed E-state index contributed by atoms with van der Waals surface area (Å²) in [5, 5.41) is 13.3. The molecular weight excluding hydrogens is 217 g/mol. The first kappa shape index (κ1) is 12.5. The summed E-state index contributed by atoms with van der Waals surface area (Å²) in [5.74, 6) is -0.188. The Bertz CT molecular complexity index is 376. The maximum Gasteiger partial charge on any atom is 0.123 e. The van der Waals surface area contributed by atoms with Gasteiger partial charge in [0.05, 0.1) is 5.60 Å². The van der Waals surface area contributed by atoms with Crippen molar-refractivity contribution in [1.82, 2.24) is 5.32 Å². The molecule has 2 nitrogen and oxygen atoms in total. The fraction of sp³-hybridized carbons (Fsp3) is 0.571. The van der Waals surface area contributed by atoms with Gasteiger partial charge in [0.15, 0.2) is 0 Å². The van der Waals surface area contributed by atoms with E-state index in [-0.39, 0.29) is 11.9 Å². The van der Waals surface area contributed by atoms with E-state index in [1.807, 2.05) is 6.07 Å². The number of nitrogens with one attached hydrogen (secondary N) is 1. The van der Waals surface area contributed by atoms with E-state index in [0.717, 1.165) is 31.2 Å². The minimum absolute atomic E-state index is 0.188. The molecule has 1 atom stereocenters. The standard InChI is InChI=1S/C14H20FNO/c1-11(16-10-14(17)6-3-7-14)8-12-4-2-5-13(15)9-12/h2,4-5,9,11,16-17H,3,6-8,10H2,1H3. The van der Waals surface area contributed by atoms with Crippen LogP contribution in [0, 0.1) is 5.82 Å². The predicted molar refractivity (Wildman–Crippen MR) is 66.4 cm³/mol. The summed E-state index contributed by atoms with van der Waals surface area (Å²) in [6.45, 7) is 2.70. The van der Waals surface area contributed by atoms with Crippen LogP contribution in [0.25, 0.3) is 0 Å². The molecule has 1 aromatic carbocycles. The summed E-state index contributed by atoms with van der Waals surface area (Å²) < 4.78 is 13.0. The molecule has 2 N–H and O–H groups in total. The van der Waals surface area contributed by atoms with Gasteiger partial charge in [-0.15, -0.1) is 0 Å². The lowest BCUT2D eigenvalue weighted by molar-refractivity contribution is -0.0328. The molecule has 1 unspecified atom stereocenters. The number of rotatable bonds is 5. The highest BCUT2D eigenvalue weighted by atomic mass is 19.1.